The molecule has 0 unspecified atom stereocenters. The highest BCUT2D eigenvalue weighted by atomic mass is 35.5. The Morgan fingerprint density at radius 3 is 2.40 bits per heavy atom. The molecule has 82 valence electrons. The Hall–Kier alpha value is -0.530. The van der Waals surface area contributed by atoms with Gasteiger partial charge in [-0.3, -0.25) is 0 Å². The summed E-state index contributed by atoms with van der Waals surface area (Å²) in [5.41, 5.74) is 3.99. The van der Waals surface area contributed by atoms with E-state index in [0.29, 0.717) is 0 Å². The van der Waals surface area contributed by atoms with E-state index in [9.17, 15) is 0 Å². The minimum absolute atomic E-state index is 0.843. The topological polar surface area (TPSA) is 12.0 Å². The van der Waals surface area contributed by atoms with Crippen molar-refractivity contribution in [3.63, 3.8) is 0 Å². The molecule has 0 radical (unpaired) electrons. The zero-order chi connectivity index (χ0) is 10.8. The van der Waals surface area contributed by atoms with E-state index >= 15 is 0 Å². The molecule has 1 aliphatic rings. The molecule has 1 N–H and O–H groups in total. The highest BCUT2D eigenvalue weighted by molar-refractivity contribution is 6.30. The molecule has 1 fully saturated rings. The van der Waals surface area contributed by atoms with Crippen LogP contribution in [0.25, 0.3) is 0 Å². The fourth-order valence-corrected chi connectivity index (χ4v) is 2.27. The summed E-state index contributed by atoms with van der Waals surface area (Å²) < 4.78 is 0. The van der Waals surface area contributed by atoms with Crippen LogP contribution < -0.4 is 5.32 Å². The quantitative estimate of drug-likeness (QED) is 0.825. The zero-order valence-electron chi connectivity index (χ0n) is 9.44. The Kier molecular flexibility index (Phi) is 3.32. The van der Waals surface area contributed by atoms with Crippen molar-refractivity contribution in [3.05, 3.63) is 33.8 Å². The molecule has 2 heteroatoms. The first-order valence-corrected chi connectivity index (χ1v) is 6.01. The van der Waals surface area contributed by atoms with E-state index < -0.39 is 0 Å². The Balaban J connectivity index is 1.99. The molecule has 0 aromatic heterocycles. The van der Waals surface area contributed by atoms with Gasteiger partial charge in [0.15, 0.2) is 0 Å². The highest BCUT2D eigenvalue weighted by Gasteiger charge is 2.20. The lowest BCUT2D eigenvalue weighted by Gasteiger charge is -2.11. The van der Waals surface area contributed by atoms with Crippen LogP contribution in [-0.2, 0) is 6.54 Å². The molecule has 0 bridgehead atoms. The molecule has 0 aliphatic heterocycles. The van der Waals surface area contributed by atoms with E-state index in [1.54, 1.807) is 0 Å². The Bertz CT molecular complexity index is 333. The summed E-state index contributed by atoms with van der Waals surface area (Å²) in [5, 5.41) is 4.37. The average molecular weight is 224 g/mol. The number of hydrogen-bond donors (Lipinski definition) is 1. The van der Waals surface area contributed by atoms with Crippen molar-refractivity contribution in [2.24, 2.45) is 5.92 Å². The Labute approximate surface area is 96.8 Å². The van der Waals surface area contributed by atoms with Crippen molar-refractivity contribution in [2.75, 3.05) is 6.54 Å². The van der Waals surface area contributed by atoms with Crippen molar-refractivity contribution in [1.82, 2.24) is 5.32 Å². The molecule has 0 saturated heterocycles. The van der Waals surface area contributed by atoms with Crippen LogP contribution >= 0.6 is 11.6 Å². The third kappa shape index (κ3) is 2.96. The van der Waals surface area contributed by atoms with Gasteiger partial charge in [0.25, 0.3) is 0 Å². The van der Waals surface area contributed by atoms with Crippen LogP contribution in [-0.4, -0.2) is 6.54 Å². The number of rotatable bonds is 4. The summed E-state index contributed by atoms with van der Waals surface area (Å²) in [6.45, 7) is 6.41. The predicted octanol–water partition coefficient (Wildman–Crippen LogP) is 3.46. The molecule has 1 aromatic rings. The number of hydrogen-bond acceptors (Lipinski definition) is 1. The van der Waals surface area contributed by atoms with Gasteiger partial charge in [0.1, 0.15) is 0 Å². The van der Waals surface area contributed by atoms with Crippen LogP contribution in [0.2, 0.25) is 5.02 Å². The van der Waals surface area contributed by atoms with Crippen LogP contribution in [0.3, 0.4) is 0 Å². The van der Waals surface area contributed by atoms with E-state index in [4.69, 9.17) is 11.6 Å². The van der Waals surface area contributed by atoms with Crippen molar-refractivity contribution in [3.8, 4) is 0 Å². The lowest BCUT2D eigenvalue weighted by atomic mass is 10.0. The van der Waals surface area contributed by atoms with Crippen LogP contribution in [0.4, 0.5) is 0 Å². The molecular formula is C13H18ClN. The number of aryl methyl sites for hydroxylation is 2. The molecule has 0 atom stereocenters. The van der Waals surface area contributed by atoms with E-state index in [2.05, 4.69) is 19.2 Å². The fourth-order valence-electron chi connectivity index (χ4n) is 1.94. The fraction of sp³-hybridized carbons (Fsp3) is 0.538. The summed E-state index contributed by atoms with van der Waals surface area (Å²) in [4.78, 5) is 0. The average Bonchev–Trinajstić information content (AvgIpc) is 2.93. The zero-order valence-corrected chi connectivity index (χ0v) is 10.2. The molecule has 1 aliphatic carbocycles. The summed E-state index contributed by atoms with van der Waals surface area (Å²) >= 11 is 6.00. The van der Waals surface area contributed by atoms with Crippen LogP contribution in [0.1, 0.15) is 29.5 Å². The Morgan fingerprint density at radius 2 is 1.87 bits per heavy atom. The van der Waals surface area contributed by atoms with Crippen molar-refractivity contribution >= 4 is 11.6 Å². The van der Waals surface area contributed by atoms with Crippen LogP contribution in [0.15, 0.2) is 12.1 Å². The van der Waals surface area contributed by atoms with Gasteiger partial charge in [-0.15, -0.1) is 0 Å². The van der Waals surface area contributed by atoms with Gasteiger partial charge in [-0.25, -0.2) is 0 Å². The van der Waals surface area contributed by atoms with Gasteiger partial charge in [-0.05, 0) is 68.0 Å². The second kappa shape index (κ2) is 4.54. The molecule has 0 heterocycles. The lowest BCUT2D eigenvalue weighted by Crippen LogP contribution is -2.17. The van der Waals surface area contributed by atoms with Gasteiger partial charge < -0.3 is 5.32 Å². The summed E-state index contributed by atoms with van der Waals surface area (Å²) in [6, 6.07) is 4.09. The molecule has 1 nitrogen and oxygen atoms in total. The van der Waals surface area contributed by atoms with Gasteiger partial charge in [-0.2, -0.15) is 0 Å². The second-order valence-corrected chi connectivity index (χ2v) is 5.03. The minimum Gasteiger partial charge on any atom is -0.312 e. The molecule has 2 rings (SSSR count). The first-order valence-electron chi connectivity index (χ1n) is 5.63. The van der Waals surface area contributed by atoms with Crippen molar-refractivity contribution in [2.45, 2.75) is 33.2 Å². The van der Waals surface area contributed by atoms with Gasteiger partial charge in [-0.1, -0.05) is 11.6 Å². The third-order valence-corrected chi connectivity index (χ3v) is 3.31. The monoisotopic (exact) mass is 223 g/mol. The third-order valence-electron chi connectivity index (χ3n) is 3.09. The predicted molar refractivity (Wildman–Crippen MR) is 65.4 cm³/mol. The smallest absolute Gasteiger partial charge is 0.0411 e. The largest absolute Gasteiger partial charge is 0.312 e. The number of halogens is 1. The van der Waals surface area contributed by atoms with Crippen LogP contribution in [0, 0.1) is 19.8 Å². The van der Waals surface area contributed by atoms with E-state index in [1.165, 1.54) is 36.1 Å². The summed E-state index contributed by atoms with van der Waals surface area (Å²) in [5.74, 6) is 0.943. The Morgan fingerprint density at radius 1 is 1.27 bits per heavy atom. The standard InChI is InChI=1S/C13H18ClN/c1-9-5-12(14)6-10(2)13(9)8-15-7-11-3-4-11/h5-6,11,15H,3-4,7-8H2,1-2H3. The van der Waals surface area contributed by atoms with E-state index in [1.807, 2.05) is 12.1 Å². The van der Waals surface area contributed by atoms with Gasteiger partial charge in [0.05, 0.1) is 0 Å². The maximum atomic E-state index is 6.00. The first-order chi connectivity index (χ1) is 7.16. The first kappa shape index (κ1) is 11.0. The molecule has 1 aromatic carbocycles. The van der Waals surface area contributed by atoms with Gasteiger partial charge in [0.2, 0.25) is 0 Å². The molecule has 0 amide bonds. The van der Waals surface area contributed by atoms with Crippen molar-refractivity contribution in [1.29, 1.82) is 0 Å². The summed E-state index contributed by atoms with van der Waals surface area (Å²) in [7, 11) is 0. The number of benzene rings is 1. The SMILES string of the molecule is Cc1cc(Cl)cc(C)c1CNCC1CC1. The van der Waals surface area contributed by atoms with E-state index in [0.717, 1.165) is 17.5 Å². The molecule has 1 saturated carbocycles. The maximum absolute atomic E-state index is 6.00. The minimum atomic E-state index is 0.843. The normalized spacial score (nSPS) is 15.7. The molecule has 15 heavy (non-hydrogen) atoms. The molecule has 0 spiro atoms. The van der Waals surface area contributed by atoms with E-state index in [-0.39, 0.29) is 0 Å². The number of nitrogens with one attached hydrogen (secondary N) is 1. The molecular weight excluding hydrogens is 206 g/mol. The van der Waals surface area contributed by atoms with Crippen molar-refractivity contribution < 1.29 is 0 Å². The summed E-state index contributed by atoms with van der Waals surface area (Å²) in [6.07, 6.45) is 2.82. The van der Waals surface area contributed by atoms with Crippen LogP contribution in [0.5, 0.6) is 0 Å². The van der Waals surface area contributed by atoms with Gasteiger partial charge in [0, 0.05) is 11.6 Å². The lowest BCUT2D eigenvalue weighted by molar-refractivity contribution is 0.635. The highest BCUT2D eigenvalue weighted by Crippen LogP contribution is 2.28. The van der Waals surface area contributed by atoms with Gasteiger partial charge >= 0.3 is 0 Å². The second-order valence-electron chi connectivity index (χ2n) is 4.59. The maximum Gasteiger partial charge on any atom is 0.0411 e.